The van der Waals surface area contributed by atoms with Gasteiger partial charge in [-0.3, -0.25) is 0 Å². The van der Waals surface area contributed by atoms with Crippen LogP contribution in [0, 0.1) is 0 Å². The lowest BCUT2D eigenvalue weighted by atomic mass is 9.83. The van der Waals surface area contributed by atoms with E-state index in [1.807, 2.05) is 0 Å². The zero-order valence-electron chi connectivity index (χ0n) is 24.2. The van der Waals surface area contributed by atoms with E-state index in [2.05, 4.69) is 170 Å². The van der Waals surface area contributed by atoms with Crippen LogP contribution in [0.3, 0.4) is 0 Å². The van der Waals surface area contributed by atoms with Crippen LogP contribution < -0.4 is 0 Å². The van der Waals surface area contributed by atoms with Crippen LogP contribution in [0.2, 0.25) is 0 Å². The average molecular weight is 557 g/mol. The molecule has 9 aromatic carbocycles. The monoisotopic (exact) mass is 556 g/mol. The van der Waals surface area contributed by atoms with Crippen molar-refractivity contribution in [3.63, 3.8) is 0 Å². The summed E-state index contributed by atoms with van der Waals surface area (Å²) < 4.78 is 0. The van der Waals surface area contributed by atoms with Gasteiger partial charge in [0, 0.05) is 0 Å². The minimum atomic E-state index is 1.23. The molecule has 0 heteroatoms. The quantitative estimate of drug-likeness (QED) is 0.150. The smallest absolute Gasteiger partial charge is 0.00141 e. The highest BCUT2D eigenvalue weighted by atomic mass is 14.2. The van der Waals surface area contributed by atoms with Crippen molar-refractivity contribution in [2.45, 2.75) is 0 Å². The summed E-state index contributed by atoms with van der Waals surface area (Å²) in [6.07, 6.45) is 0. The lowest BCUT2D eigenvalue weighted by molar-refractivity contribution is 1.61. The molecular weight excluding hydrogens is 528 g/mol. The molecule has 0 unspecified atom stereocenters. The van der Waals surface area contributed by atoms with Gasteiger partial charge in [-0.2, -0.15) is 0 Å². The van der Waals surface area contributed by atoms with Gasteiger partial charge in [0.25, 0.3) is 0 Å². The Bertz CT molecular complexity index is 2520. The van der Waals surface area contributed by atoms with Gasteiger partial charge in [-0.1, -0.05) is 164 Å². The molecule has 0 amide bonds. The third-order valence-corrected chi connectivity index (χ3v) is 9.23. The summed E-state index contributed by atoms with van der Waals surface area (Å²) >= 11 is 0. The Balaban J connectivity index is 1.39. The Morgan fingerprint density at radius 3 is 1.45 bits per heavy atom. The zero-order valence-corrected chi connectivity index (χ0v) is 24.2. The van der Waals surface area contributed by atoms with Crippen molar-refractivity contribution in [3.8, 4) is 33.4 Å². The molecule has 0 aromatic heterocycles. The Morgan fingerprint density at radius 1 is 0.227 bits per heavy atom. The van der Waals surface area contributed by atoms with Gasteiger partial charge in [0.15, 0.2) is 0 Å². The summed E-state index contributed by atoms with van der Waals surface area (Å²) in [6.45, 7) is 0. The Hall–Kier alpha value is -5.72. The van der Waals surface area contributed by atoms with Crippen molar-refractivity contribution in [1.29, 1.82) is 0 Å². The summed E-state index contributed by atoms with van der Waals surface area (Å²) in [6, 6.07) is 62.3. The van der Waals surface area contributed by atoms with E-state index in [-0.39, 0.29) is 0 Å². The molecule has 0 heterocycles. The molecule has 9 rings (SSSR count). The first-order valence-corrected chi connectivity index (χ1v) is 15.3. The van der Waals surface area contributed by atoms with E-state index in [0.717, 1.165) is 0 Å². The highest BCUT2D eigenvalue weighted by Crippen LogP contribution is 2.47. The maximum atomic E-state index is 2.41. The summed E-state index contributed by atoms with van der Waals surface area (Å²) in [5.74, 6) is 0. The van der Waals surface area contributed by atoms with Crippen molar-refractivity contribution < 1.29 is 0 Å². The van der Waals surface area contributed by atoms with Gasteiger partial charge >= 0.3 is 0 Å². The molecule has 0 spiro atoms. The van der Waals surface area contributed by atoms with Gasteiger partial charge in [0.05, 0.1) is 0 Å². The molecule has 0 aliphatic rings. The van der Waals surface area contributed by atoms with Crippen LogP contribution in [-0.4, -0.2) is 0 Å². The van der Waals surface area contributed by atoms with E-state index >= 15 is 0 Å². The van der Waals surface area contributed by atoms with Gasteiger partial charge in [-0.25, -0.2) is 0 Å². The van der Waals surface area contributed by atoms with Gasteiger partial charge in [0.2, 0.25) is 0 Å². The Kier molecular flexibility index (Phi) is 5.61. The Morgan fingerprint density at radius 2 is 0.705 bits per heavy atom. The van der Waals surface area contributed by atoms with E-state index < -0.39 is 0 Å². The highest BCUT2D eigenvalue weighted by Gasteiger charge is 2.19. The van der Waals surface area contributed by atoms with Crippen LogP contribution in [0.1, 0.15) is 0 Å². The molecular formula is C44H28. The van der Waals surface area contributed by atoms with E-state index in [9.17, 15) is 0 Å². The summed E-state index contributed by atoms with van der Waals surface area (Å²) in [5, 5.41) is 12.8. The maximum Gasteiger partial charge on any atom is -0.00141 e. The van der Waals surface area contributed by atoms with Crippen molar-refractivity contribution in [3.05, 3.63) is 170 Å². The molecule has 0 saturated heterocycles. The summed E-state index contributed by atoms with van der Waals surface area (Å²) in [7, 11) is 0. The molecule has 0 radical (unpaired) electrons. The zero-order chi connectivity index (χ0) is 29.0. The summed E-state index contributed by atoms with van der Waals surface area (Å²) in [4.78, 5) is 0. The second-order valence-corrected chi connectivity index (χ2v) is 11.7. The molecule has 204 valence electrons. The fraction of sp³-hybridized carbons (Fsp3) is 0. The third-order valence-electron chi connectivity index (χ3n) is 9.23. The fourth-order valence-electron chi connectivity index (χ4n) is 7.18. The van der Waals surface area contributed by atoms with Crippen molar-refractivity contribution >= 4 is 53.9 Å². The minimum absolute atomic E-state index is 1.23. The first-order valence-electron chi connectivity index (χ1n) is 15.3. The molecule has 9 aromatic rings. The van der Waals surface area contributed by atoms with E-state index in [4.69, 9.17) is 0 Å². The maximum absolute atomic E-state index is 2.41. The topological polar surface area (TPSA) is 0 Å². The molecule has 0 aliphatic heterocycles. The molecule has 0 nitrogen and oxygen atoms in total. The Labute approximate surface area is 256 Å². The number of hydrogen-bond donors (Lipinski definition) is 0. The molecule has 0 fully saturated rings. The second kappa shape index (κ2) is 9.93. The van der Waals surface area contributed by atoms with Crippen molar-refractivity contribution in [1.82, 2.24) is 0 Å². The molecule has 0 aliphatic carbocycles. The normalized spacial score (nSPS) is 11.6. The van der Waals surface area contributed by atoms with Crippen LogP contribution in [0.5, 0.6) is 0 Å². The number of rotatable bonds is 3. The van der Waals surface area contributed by atoms with Crippen molar-refractivity contribution in [2.75, 3.05) is 0 Å². The first-order chi connectivity index (χ1) is 21.8. The third kappa shape index (κ3) is 3.85. The number of hydrogen-bond acceptors (Lipinski definition) is 0. The predicted molar refractivity (Wildman–Crippen MR) is 190 cm³/mol. The second-order valence-electron chi connectivity index (χ2n) is 11.7. The first kappa shape index (κ1) is 24.8. The minimum Gasteiger partial charge on any atom is -0.0622 e. The van der Waals surface area contributed by atoms with Crippen LogP contribution in [0.4, 0.5) is 0 Å². The standard InChI is InChI=1S/C44H28/c1-2-10-29(11-3-1)30-18-23-34(24-19-30)43-39-17-9-8-16-38(39)42(40-27-26-32-13-5-7-15-37(32)44(40)43)35-25-22-33-21-20-31-12-4-6-14-36(31)41(33)28-35/h1-28H. The summed E-state index contributed by atoms with van der Waals surface area (Å²) in [5.41, 5.74) is 7.53. The molecule has 0 bridgehead atoms. The van der Waals surface area contributed by atoms with Crippen LogP contribution in [0.15, 0.2) is 170 Å². The molecule has 0 N–H and O–H groups in total. The van der Waals surface area contributed by atoms with Gasteiger partial charge in [-0.05, 0) is 93.3 Å². The van der Waals surface area contributed by atoms with E-state index in [0.29, 0.717) is 0 Å². The number of fused-ring (bicyclic) bond motifs is 7. The van der Waals surface area contributed by atoms with E-state index in [1.54, 1.807) is 0 Å². The highest BCUT2D eigenvalue weighted by molar-refractivity contribution is 6.28. The van der Waals surface area contributed by atoms with Gasteiger partial charge < -0.3 is 0 Å². The molecule has 0 saturated carbocycles. The van der Waals surface area contributed by atoms with Crippen LogP contribution in [0.25, 0.3) is 87.2 Å². The van der Waals surface area contributed by atoms with Crippen molar-refractivity contribution in [2.24, 2.45) is 0 Å². The van der Waals surface area contributed by atoms with E-state index in [1.165, 1.54) is 87.2 Å². The SMILES string of the molecule is c1ccc(-c2ccc(-c3c4ccccc4c(-c4ccc5ccc6ccccc6c5c4)c4ccc5ccccc5c34)cc2)cc1. The van der Waals surface area contributed by atoms with Crippen LogP contribution in [-0.2, 0) is 0 Å². The van der Waals surface area contributed by atoms with Gasteiger partial charge in [-0.15, -0.1) is 0 Å². The number of benzene rings is 9. The van der Waals surface area contributed by atoms with Crippen LogP contribution >= 0.6 is 0 Å². The predicted octanol–water partition coefficient (Wildman–Crippen LogP) is 12.5. The van der Waals surface area contributed by atoms with Gasteiger partial charge in [0.1, 0.15) is 0 Å². The molecule has 44 heavy (non-hydrogen) atoms. The average Bonchev–Trinajstić information content (AvgIpc) is 3.10. The largest absolute Gasteiger partial charge is 0.0622 e. The fourth-order valence-corrected chi connectivity index (χ4v) is 7.18. The lowest BCUT2D eigenvalue weighted by Crippen LogP contribution is -1.92. The molecule has 0 atom stereocenters. The lowest BCUT2D eigenvalue weighted by Gasteiger charge is -2.20.